The molecule has 0 aromatic carbocycles. The van der Waals surface area contributed by atoms with Crippen molar-refractivity contribution in [2.45, 2.75) is 20.3 Å². The Morgan fingerprint density at radius 1 is 1.50 bits per heavy atom. The van der Waals surface area contributed by atoms with Crippen LogP contribution in [0.15, 0.2) is 22.8 Å². The summed E-state index contributed by atoms with van der Waals surface area (Å²) in [6.45, 7) is 4.11. The van der Waals surface area contributed by atoms with Crippen molar-refractivity contribution in [2.75, 3.05) is 0 Å². The van der Waals surface area contributed by atoms with E-state index in [1.807, 2.05) is 23.6 Å². The van der Waals surface area contributed by atoms with Crippen LogP contribution in [0.5, 0.6) is 0 Å². The zero-order chi connectivity index (χ0) is 11.1. The fraction of sp³-hybridized carbons (Fsp3) is 0.273. The summed E-state index contributed by atoms with van der Waals surface area (Å²) in [5.74, 6) is 0.799. The standard InChI is InChI=1S/C11H11N3OS/c1-3-9-13-14-7(2)10(12-11(14)16-9)8-5-4-6-15-8/h4-6H,3H2,1-2H3. The van der Waals surface area contributed by atoms with Crippen molar-refractivity contribution in [3.63, 3.8) is 0 Å². The Hall–Kier alpha value is -1.62. The van der Waals surface area contributed by atoms with Crippen molar-refractivity contribution in [1.82, 2.24) is 14.6 Å². The van der Waals surface area contributed by atoms with Crippen LogP contribution in [0, 0.1) is 6.92 Å². The molecule has 0 bridgehead atoms. The Balaban J connectivity index is 2.21. The highest BCUT2D eigenvalue weighted by molar-refractivity contribution is 7.16. The summed E-state index contributed by atoms with van der Waals surface area (Å²) in [7, 11) is 0. The molecule has 0 saturated carbocycles. The van der Waals surface area contributed by atoms with Crippen molar-refractivity contribution in [3.8, 4) is 11.5 Å². The lowest BCUT2D eigenvalue weighted by molar-refractivity contribution is 0.580. The Bertz CT molecular complexity index is 621. The van der Waals surface area contributed by atoms with Gasteiger partial charge in [0.1, 0.15) is 10.7 Å². The molecule has 0 radical (unpaired) electrons. The van der Waals surface area contributed by atoms with E-state index in [1.54, 1.807) is 17.6 Å². The molecule has 0 N–H and O–H groups in total. The normalized spacial score (nSPS) is 11.4. The van der Waals surface area contributed by atoms with Crippen LogP contribution in [0.3, 0.4) is 0 Å². The second-order valence-corrected chi connectivity index (χ2v) is 4.61. The molecule has 0 atom stereocenters. The van der Waals surface area contributed by atoms with Gasteiger partial charge < -0.3 is 4.42 Å². The first-order valence-corrected chi connectivity index (χ1v) is 6.00. The molecular formula is C11H11N3OS. The Morgan fingerprint density at radius 2 is 2.38 bits per heavy atom. The first kappa shape index (κ1) is 9.59. The number of rotatable bonds is 2. The van der Waals surface area contributed by atoms with Gasteiger partial charge in [-0.2, -0.15) is 5.10 Å². The number of nitrogens with zero attached hydrogens (tertiary/aromatic N) is 3. The van der Waals surface area contributed by atoms with Crippen molar-refractivity contribution in [1.29, 1.82) is 0 Å². The van der Waals surface area contributed by atoms with E-state index in [1.165, 1.54) is 0 Å². The van der Waals surface area contributed by atoms with Gasteiger partial charge in [0.2, 0.25) is 4.96 Å². The highest BCUT2D eigenvalue weighted by Gasteiger charge is 2.15. The highest BCUT2D eigenvalue weighted by atomic mass is 32.1. The average molecular weight is 233 g/mol. The zero-order valence-corrected chi connectivity index (χ0v) is 9.91. The van der Waals surface area contributed by atoms with Gasteiger partial charge in [0, 0.05) is 0 Å². The predicted molar refractivity (Wildman–Crippen MR) is 62.7 cm³/mol. The Kier molecular flexibility index (Phi) is 2.07. The van der Waals surface area contributed by atoms with E-state index in [4.69, 9.17) is 4.42 Å². The van der Waals surface area contributed by atoms with Crippen LogP contribution in [0.2, 0.25) is 0 Å². The number of furan rings is 1. The van der Waals surface area contributed by atoms with Crippen molar-refractivity contribution in [3.05, 3.63) is 29.1 Å². The lowest BCUT2D eigenvalue weighted by Crippen LogP contribution is -1.89. The van der Waals surface area contributed by atoms with Gasteiger partial charge in [0.05, 0.1) is 12.0 Å². The first-order valence-electron chi connectivity index (χ1n) is 5.18. The fourth-order valence-corrected chi connectivity index (χ4v) is 2.56. The average Bonchev–Trinajstić information content (AvgIpc) is 2.96. The second-order valence-electron chi connectivity index (χ2n) is 3.57. The van der Waals surface area contributed by atoms with E-state index in [0.29, 0.717) is 0 Å². The maximum atomic E-state index is 5.36. The molecule has 0 aliphatic carbocycles. The van der Waals surface area contributed by atoms with E-state index < -0.39 is 0 Å². The van der Waals surface area contributed by atoms with Crippen LogP contribution >= 0.6 is 11.3 Å². The third-order valence-corrected chi connectivity index (χ3v) is 3.58. The summed E-state index contributed by atoms with van der Waals surface area (Å²) in [5, 5.41) is 5.60. The minimum absolute atomic E-state index is 0.799. The molecule has 4 nitrogen and oxygen atoms in total. The van der Waals surface area contributed by atoms with E-state index in [9.17, 15) is 0 Å². The quantitative estimate of drug-likeness (QED) is 0.683. The van der Waals surface area contributed by atoms with Crippen LogP contribution in [0.1, 0.15) is 17.6 Å². The van der Waals surface area contributed by atoms with Crippen LogP contribution < -0.4 is 0 Å². The predicted octanol–water partition coefficient (Wildman–Crippen LogP) is 2.92. The van der Waals surface area contributed by atoms with Gasteiger partial charge in [0.25, 0.3) is 0 Å². The van der Waals surface area contributed by atoms with Gasteiger partial charge in [0.15, 0.2) is 5.76 Å². The van der Waals surface area contributed by atoms with Crippen LogP contribution in [-0.4, -0.2) is 14.6 Å². The summed E-state index contributed by atoms with van der Waals surface area (Å²) in [5.41, 5.74) is 1.91. The Labute approximate surface area is 96.5 Å². The molecule has 5 heteroatoms. The molecule has 3 rings (SSSR count). The topological polar surface area (TPSA) is 43.3 Å². The second kappa shape index (κ2) is 3.45. The number of aromatic nitrogens is 3. The molecule has 3 aromatic rings. The smallest absolute Gasteiger partial charge is 0.213 e. The number of aryl methyl sites for hydroxylation is 2. The van der Waals surface area contributed by atoms with Gasteiger partial charge in [-0.25, -0.2) is 9.50 Å². The van der Waals surface area contributed by atoms with E-state index in [0.717, 1.165) is 33.5 Å². The molecule has 0 amide bonds. The lowest BCUT2D eigenvalue weighted by atomic mass is 10.3. The minimum Gasteiger partial charge on any atom is -0.463 e. The molecule has 82 valence electrons. The van der Waals surface area contributed by atoms with Gasteiger partial charge in [-0.3, -0.25) is 0 Å². The van der Waals surface area contributed by atoms with Crippen molar-refractivity contribution < 1.29 is 4.42 Å². The molecule has 0 saturated heterocycles. The third kappa shape index (κ3) is 1.28. The molecule has 16 heavy (non-hydrogen) atoms. The number of fused-ring (bicyclic) bond motifs is 1. The number of imidazole rings is 1. The number of hydrogen-bond donors (Lipinski definition) is 0. The third-order valence-electron chi connectivity index (χ3n) is 2.53. The molecule has 0 unspecified atom stereocenters. The molecule has 0 aliphatic rings. The monoisotopic (exact) mass is 233 g/mol. The van der Waals surface area contributed by atoms with Gasteiger partial charge in [-0.1, -0.05) is 18.3 Å². The molecular weight excluding hydrogens is 222 g/mol. The molecule has 0 aliphatic heterocycles. The number of hydrogen-bond acceptors (Lipinski definition) is 4. The van der Waals surface area contributed by atoms with E-state index in [-0.39, 0.29) is 0 Å². The maximum absolute atomic E-state index is 5.36. The zero-order valence-electron chi connectivity index (χ0n) is 9.10. The summed E-state index contributed by atoms with van der Waals surface area (Å²) < 4.78 is 7.25. The van der Waals surface area contributed by atoms with Crippen LogP contribution in [0.25, 0.3) is 16.4 Å². The first-order chi connectivity index (χ1) is 7.79. The van der Waals surface area contributed by atoms with Crippen molar-refractivity contribution in [2.24, 2.45) is 0 Å². The summed E-state index contributed by atoms with van der Waals surface area (Å²) in [6.07, 6.45) is 2.61. The van der Waals surface area contributed by atoms with E-state index in [2.05, 4.69) is 17.0 Å². The molecule has 0 spiro atoms. The van der Waals surface area contributed by atoms with Crippen molar-refractivity contribution >= 4 is 16.3 Å². The molecule has 0 fully saturated rings. The highest BCUT2D eigenvalue weighted by Crippen LogP contribution is 2.26. The van der Waals surface area contributed by atoms with Gasteiger partial charge >= 0.3 is 0 Å². The summed E-state index contributed by atoms with van der Waals surface area (Å²) >= 11 is 1.63. The fourth-order valence-electron chi connectivity index (χ4n) is 1.68. The SMILES string of the molecule is CCc1nn2c(C)c(-c3ccco3)nc2s1. The molecule has 3 heterocycles. The van der Waals surface area contributed by atoms with Crippen LogP contribution in [-0.2, 0) is 6.42 Å². The van der Waals surface area contributed by atoms with Crippen LogP contribution in [0.4, 0.5) is 0 Å². The maximum Gasteiger partial charge on any atom is 0.213 e. The lowest BCUT2D eigenvalue weighted by Gasteiger charge is -1.92. The van der Waals surface area contributed by atoms with Gasteiger partial charge in [-0.15, -0.1) is 0 Å². The van der Waals surface area contributed by atoms with Gasteiger partial charge in [-0.05, 0) is 25.5 Å². The summed E-state index contributed by atoms with van der Waals surface area (Å²) in [6, 6.07) is 3.79. The minimum atomic E-state index is 0.799. The Morgan fingerprint density at radius 3 is 3.00 bits per heavy atom. The molecule has 3 aromatic heterocycles. The largest absolute Gasteiger partial charge is 0.463 e. The summed E-state index contributed by atoms with van der Waals surface area (Å²) in [4.78, 5) is 5.48. The van der Waals surface area contributed by atoms with E-state index >= 15 is 0 Å².